The van der Waals surface area contributed by atoms with Crippen molar-refractivity contribution in [1.82, 2.24) is 5.32 Å². The van der Waals surface area contributed by atoms with E-state index in [1.807, 2.05) is 13.0 Å². The molecule has 6 nitrogen and oxygen atoms in total. The number of aryl methyl sites for hydroxylation is 1. The topological polar surface area (TPSA) is 92.3 Å². The molecule has 1 fully saturated rings. The van der Waals surface area contributed by atoms with Gasteiger partial charge in [0, 0.05) is 17.5 Å². The molecule has 1 heterocycles. The van der Waals surface area contributed by atoms with Crippen molar-refractivity contribution < 1.29 is 13.9 Å². The van der Waals surface area contributed by atoms with Crippen LogP contribution >= 0.6 is 0 Å². The van der Waals surface area contributed by atoms with E-state index in [0.29, 0.717) is 11.3 Å². The lowest BCUT2D eigenvalue weighted by molar-refractivity contribution is -0.124. The van der Waals surface area contributed by atoms with Crippen LogP contribution in [0.4, 0.5) is 0 Å². The molecule has 1 unspecified atom stereocenters. The van der Waals surface area contributed by atoms with Gasteiger partial charge in [-0.05, 0) is 49.8 Å². The summed E-state index contributed by atoms with van der Waals surface area (Å²) in [4.78, 5) is 23.8. The first-order chi connectivity index (χ1) is 12.4. The van der Waals surface area contributed by atoms with E-state index in [9.17, 15) is 14.9 Å². The average Bonchev–Trinajstić information content (AvgIpc) is 3.45. The zero-order valence-corrected chi connectivity index (χ0v) is 15.0. The van der Waals surface area contributed by atoms with Gasteiger partial charge in [-0.25, -0.2) is 4.79 Å². The molecule has 0 bridgehead atoms. The number of hydrogen-bond donors (Lipinski definition) is 1. The number of benzene rings is 1. The highest BCUT2D eigenvalue weighted by molar-refractivity contribution is 5.82. The van der Waals surface area contributed by atoms with Gasteiger partial charge in [0.25, 0.3) is 5.91 Å². The van der Waals surface area contributed by atoms with Crippen molar-refractivity contribution in [2.75, 3.05) is 6.61 Å². The van der Waals surface area contributed by atoms with Crippen LogP contribution in [0.2, 0.25) is 0 Å². The van der Waals surface area contributed by atoms with Crippen LogP contribution in [-0.4, -0.2) is 18.1 Å². The molecular formula is C20H22N2O4. The number of carbonyl (C=O) groups is 1. The number of nitrogens with zero attached hydrogens (tertiary/aromatic N) is 1. The van der Waals surface area contributed by atoms with Gasteiger partial charge in [0.15, 0.2) is 6.61 Å². The van der Waals surface area contributed by atoms with Crippen LogP contribution in [0.3, 0.4) is 0 Å². The molecular weight excluding hydrogens is 332 g/mol. The fourth-order valence-corrected chi connectivity index (χ4v) is 3.13. The van der Waals surface area contributed by atoms with Gasteiger partial charge < -0.3 is 14.5 Å². The number of nitriles is 1. The molecule has 0 saturated heterocycles. The summed E-state index contributed by atoms with van der Waals surface area (Å²) < 4.78 is 10.8. The average molecular weight is 354 g/mol. The van der Waals surface area contributed by atoms with E-state index >= 15 is 0 Å². The van der Waals surface area contributed by atoms with Gasteiger partial charge in [0.1, 0.15) is 16.9 Å². The molecule has 1 aliphatic rings. The first-order valence-corrected chi connectivity index (χ1v) is 8.87. The molecule has 6 heteroatoms. The molecule has 1 aromatic heterocycles. The van der Waals surface area contributed by atoms with Gasteiger partial charge in [-0.1, -0.05) is 13.3 Å². The van der Waals surface area contributed by atoms with Gasteiger partial charge in [0.2, 0.25) is 0 Å². The van der Waals surface area contributed by atoms with Gasteiger partial charge in [-0.15, -0.1) is 0 Å². The highest BCUT2D eigenvalue weighted by Crippen LogP contribution is 2.39. The van der Waals surface area contributed by atoms with Crippen LogP contribution in [0.1, 0.15) is 38.7 Å². The molecule has 136 valence electrons. The summed E-state index contributed by atoms with van der Waals surface area (Å²) in [5.74, 6) is 0.306. The third-order valence-corrected chi connectivity index (χ3v) is 4.72. The van der Waals surface area contributed by atoms with Crippen LogP contribution in [0.25, 0.3) is 11.0 Å². The van der Waals surface area contributed by atoms with Crippen LogP contribution in [-0.2, 0) is 11.2 Å². The first-order valence-electron chi connectivity index (χ1n) is 8.87. The molecule has 1 N–H and O–H groups in total. The van der Waals surface area contributed by atoms with Crippen LogP contribution in [0.5, 0.6) is 5.75 Å². The van der Waals surface area contributed by atoms with E-state index in [1.54, 1.807) is 19.1 Å². The molecule has 3 rings (SSSR count). The van der Waals surface area contributed by atoms with Crippen molar-refractivity contribution in [3.8, 4) is 11.8 Å². The summed E-state index contributed by atoms with van der Waals surface area (Å²) in [5, 5.41) is 12.9. The lowest BCUT2D eigenvalue weighted by Gasteiger charge is -2.22. The van der Waals surface area contributed by atoms with E-state index in [1.165, 1.54) is 6.07 Å². The van der Waals surface area contributed by atoms with E-state index in [4.69, 9.17) is 9.15 Å². The Morgan fingerprint density at radius 2 is 2.19 bits per heavy atom. The molecule has 1 saturated carbocycles. The lowest BCUT2D eigenvalue weighted by atomic mass is 9.98. The molecule has 0 aliphatic heterocycles. The number of nitrogens with one attached hydrogen (secondary N) is 1. The van der Waals surface area contributed by atoms with Gasteiger partial charge >= 0.3 is 5.63 Å². The highest BCUT2D eigenvalue weighted by Gasteiger charge is 2.43. The highest BCUT2D eigenvalue weighted by atomic mass is 16.5. The third-order valence-electron chi connectivity index (χ3n) is 4.72. The fraction of sp³-hybridized carbons (Fsp3) is 0.450. The smallest absolute Gasteiger partial charge is 0.336 e. The minimum Gasteiger partial charge on any atom is -0.484 e. The van der Waals surface area contributed by atoms with Crippen LogP contribution in [0, 0.1) is 17.2 Å². The SMILES string of the molecule is CCCc1cc(=O)oc2cc(OCC(=O)NC(C)(C#N)C3CC3)ccc12. The Morgan fingerprint density at radius 3 is 2.85 bits per heavy atom. The third kappa shape index (κ3) is 3.88. The number of carbonyl (C=O) groups excluding carboxylic acids is 1. The second-order valence-electron chi connectivity index (χ2n) is 6.92. The summed E-state index contributed by atoms with van der Waals surface area (Å²) in [7, 11) is 0. The van der Waals surface area contributed by atoms with Gasteiger partial charge in [0.05, 0.1) is 6.07 Å². The standard InChI is InChI=1S/C20H22N2O4/c1-3-4-13-9-19(24)26-17-10-15(7-8-16(13)17)25-11-18(23)22-20(2,12-21)14-5-6-14/h7-10,14H,3-6,11H2,1-2H3,(H,22,23). The Bertz CT molecular complexity index is 924. The maximum Gasteiger partial charge on any atom is 0.336 e. The molecule has 2 aromatic rings. The minimum absolute atomic E-state index is 0.200. The Labute approximate surface area is 151 Å². The second kappa shape index (κ2) is 7.20. The Balaban J connectivity index is 1.70. The number of hydrogen-bond acceptors (Lipinski definition) is 5. The Hall–Kier alpha value is -2.81. The Morgan fingerprint density at radius 1 is 1.42 bits per heavy atom. The maximum absolute atomic E-state index is 12.1. The summed E-state index contributed by atoms with van der Waals surface area (Å²) in [6.45, 7) is 3.59. The largest absolute Gasteiger partial charge is 0.484 e. The van der Waals surface area contributed by atoms with Gasteiger partial charge in [-0.3, -0.25) is 4.79 Å². The first kappa shape index (κ1) is 18.0. The quantitative estimate of drug-likeness (QED) is 0.772. The van der Waals surface area contributed by atoms with Crippen LogP contribution < -0.4 is 15.7 Å². The van der Waals surface area contributed by atoms with E-state index in [-0.39, 0.29) is 18.4 Å². The van der Waals surface area contributed by atoms with Crippen LogP contribution in [0.15, 0.2) is 33.5 Å². The van der Waals surface area contributed by atoms with Crippen molar-refractivity contribution in [3.63, 3.8) is 0 Å². The van der Waals surface area contributed by atoms with Crippen molar-refractivity contribution in [2.24, 2.45) is 5.92 Å². The predicted molar refractivity (Wildman–Crippen MR) is 96.9 cm³/mol. The molecule has 0 spiro atoms. The number of ether oxygens (including phenoxy) is 1. The van der Waals surface area contributed by atoms with Crippen molar-refractivity contribution >= 4 is 16.9 Å². The normalized spacial score (nSPS) is 15.9. The summed E-state index contributed by atoms with van der Waals surface area (Å²) in [5.41, 5.74) is 0.145. The van der Waals surface area contributed by atoms with Crippen molar-refractivity contribution in [1.29, 1.82) is 5.26 Å². The molecule has 1 aliphatic carbocycles. The number of amides is 1. The molecule has 26 heavy (non-hydrogen) atoms. The van der Waals surface area contributed by atoms with E-state index < -0.39 is 11.2 Å². The molecule has 0 radical (unpaired) electrons. The zero-order chi connectivity index (χ0) is 18.7. The van der Waals surface area contributed by atoms with Crippen molar-refractivity contribution in [2.45, 2.75) is 45.1 Å². The number of fused-ring (bicyclic) bond motifs is 1. The van der Waals surface area contributed by atoms with E-state index in [2.05, 4.69) is 11.4 Å². The second-order valence-corrected chi connectivity index (χ2v) is 6.92. The molecule has 1 atom stereocenters. The monoisotopic (exact) mass is 354 g/mol. The van der Waals surface area contributed by atoms with Crippen molar-refractivity contribution in [3.05, 3.63) is 40.2 Å². The van der Waals surface area contributed by atoms with E-state index in [0.717, 1.165) is 36.6 Å². The minimum atomic E-state index is -0.842. The molecule has 1 amide bonds. The Kier molecular flexibility index (Phi) is 4.99. The number of rotatable bonds is 7. The fourth-order valence-electron chi connectivity index (χ4n) is 3.13. The molecule has 1 aromatic carbocycles. The zero-order valence-electron chi connectivity index (χ0n) is 15.0. The summed E-state index contributed by atoms with van der Waals surface area (Å²) >= 11 is 0. The van der Waals surface area contributed by atoms with Gasteiger partial charge in [-0.2, -0.15) is 5.26 Å². The predicted octanol–water partition coefficient (Wildman–Crippen LogP) is 2.93. The lowest BCUT2D eigenvalue weighted by Crippen LogP contribution is -2.48. The summed E-state index contributed by atoms with van der Waals surface area (Å²) in [6, 6.07) is 8.90. The summed E-state index contributed by atoms with van der Waals surface area (Å²) in [6.07, 6.45) is 3.62. The maximum atomic E-state index is 12.1.